The van der Waals surface area contributed by atoms with Crippen LogP contribution in [0.5, 0.6) is 0 Å². The summed E-state index contributed by atoms with van der Waals surface area (Å²) in [7, 11) is -3.66. The number of nitriles is 1. The Labute approximate surface area is 163 Å². The van der Waals surface area contributed by atoms with Crippen molar-refractivity contribution < 1.29 is 17.9 Å². The minimum absolute atomic E-state index is 0.00613. The fourth-order valence-corrected chi connectivity index (χ4v) is 4.59. The molecule has 0 unspecified atom stereocenters. The fraction of sp³-hybridized carbons (Fsp3) is 0.263. The van der Waals surface area contributed by atoms with Gasteiger partial charge in [0.25, 0.3) is 0 Å². The van der Waals surface area contributed by atoms with Gasteiger partial charge in [0.15, 0.2) is 0 Å². The molecule has 1 fully saturated rings. The lowest BCUT2D eigenvalue weighted by Gasteiger charge is -2.16. The number of carbonyl (C=O) groups excluding carboxylic acids is 1. The zero-order chi connectivity index (χ0) is 19.4. The first kappa shape index (κ1) is 19.4. The Morgan fingerprint density at radius 1 is 1.19 bits per heavy atom. The first-order valence-electron chi connectivity index (χ1n) is 8.37. The molecule has 8 heteroatoms. The smallest absolute Gasteiger partial charge is 0.340 e. The van der Waals surface area contributed by atoms with E-state index in [0.29, 0.717) is 24.2 Å². The van der Waals surface area contributed by atoms with E-state index in [-0.39, 0.29) is 22.1 Å². The first-order chi connectivity index (χ1) is 12.9. The zero-order valence-electron chi connectivity index (χ0n) is 14.4. The van der Waals surface area contributed by atoms with Crippen molar-refractivity contribution in [1.29, 1.82) is 5.26 Å². The van der Waals surface area contributed by atoms with E-state index >= 15 is 0 Å². The lowest BCUT2D eigenvalue weighted by molar-refractivity contribution is 0.0472. The van der Waals surface area contributed by atoms with Gasteiger partial charge in [-0.1, -0.05) is 23.7 Å². The van der Waals surface area contributed by atoms with Gasteiger partial charge >= 0.3 is 5.97 Å². The highest BCUT2D eigenvalue weighted by molar-refractivity contribution is 7.89. The highest BCUT2D eigenvalue weighted by Gasteiger charge is 2.28. The molecular weight excluding hydrogens is 388 g/mol. The predicted octanol–water partition coefficient (Wildman–Crippen LogP) is 3.35. The number of ether oxygens (including phenoxy) is 1. The van der Waals surface area contributed by atoms with Crippen molar-refractivity contribution in [2.24, 2.45) is 0 Å². The number of sulfonamides is 1. The Morgan fingerprint density at radius 2 is 1.93 bits per heavy atom. The maximum absolute atomic E-state index is 12.7. The van der Waals surface area contributed by atoms with E-state index in [1.54, 1.807) is 24.3 Å². The summed E-state index contributed by atoms with van der Waals surface area (Å²) in [5.41, 5.74) is 1.10. The number of hydrogen-bond donors (Lipinski definition) is 0. The van der Waals surface area contributed by atoms with Crippen LogP contribution in [0.3, 0.4) is 0 Å². The number of nitrogens with zero attached hydrogens (tertiary/aromatic N) is 2. The van der Waals surface area contributed by atoms with Crippen molar-refractivity contribution in [1.82, 2.24) is 4.31 Å². The molecule has 140 valence electrons. The van der Waals surface area contributed by atoms with Crippen LogP contribution in [0.1, 0.15) is 34.3 Å². The Kier molecular flexibility index (Phi) is 5.80. The number of carbonyl (C=O) groups is 1. The highest BCUT2D eigenvalue weighted by atomic mass is 35.5. The van der Waals surface area contributed by atoms with Gasteiger partial charge in [-0.25, -0.2) is 13.2 Å². The van der Waals surface area contributed by atoms with Gasteiger partial charge in [0, 0.05) is 13.1 Å². The van der Waals surface area contributed by atoms with Crippen molar-refractivity contribution >= 4 is 27.6 Å². The number of esters is 1. The quantitative estimate of drug-likeness (QED) is 0.713. The normalized spacial score (nSPS) is 14.7. The average molecular weight is 405 g/mol. The molecule has 0 atom stereocenters. The van der Waals surface area contributed by atoms with Gasteiger partial charge in [0.1, 0.15) is 6.61 Å². The maximum Gasteiger partial charge on any atom is 0.340 e. The van der Waals surface area contributed by atoms with Crippen LogP contribution in [0.25, 0.3) is 0 Å². The van der Waals surface area contributed by atoms with Crippen LogP contribution in [0.15, 0.2) is 47.4 Å². The van der Waals surface area contributed by atoms with Crippen LogP contribution in [0, 0.1) is 11.3 Å². The van der Waals surface area contributed by atoms with Gasteiger partial charge in [0.2, 0.25) is 10.0 Å². The molecule has 0 radical (unpaired) electrons. The molecule has 6 nitrogen and oxygen atoms in total. The van der Waals surface area contributed by atoms with Crippen molar-refractivity contribution in [2.75, 3.05) is 13.1 Å². The van der Waals surface area contributed by atoms with E-state index in [1.807, 2.05) is 6.07 Å². The van der Waals surface area contributed by atoms with Crippen molar-refractivity contribution in [3.63, 3.8) is 0 Å². The highest BCUT2D eigenvalue weighted by Crippen LogP contribution is 2.26. The minimum atomic E-state index is -3.66. The SMILES string of the molecule is N#Cc1cccc(COC(=O)c2cc(S(=O)(=O)N3CCCC3)ccc2Cl)c1. The van der Waals surface area contributed by atoms with E-state index < -0.39 is 16.0 Å². The van der Waals surface area contributed by atoms with Gasteiger partial charge in [-0.05, 0) is 48.7 Å². The molecule has 2 aromatic rings. The Bertz CT molecular complexity index is 1010. The molecule has 2 aromatic carbocycles. The van der Waals surface area contributed by atoms with Crippen molar-refractivity contribution in [2.45, 2.75) is 24.3 Å². The third-order valence-electron chi connectivity index (χ3n) is 4.29. The maximum atomic E-state index is 12.7. The van der Waals surface area contributed by atoms with Gasteiger partial charge in [0.05, 0.1) is 27.1 Å². The summed E-state index contributed by atoms with van der Waals surface area (Å²) in [5, 5.41) is 9.03. The summed E-state index contributed by atoms with van der Waals surface area (Å²) >= 11 is 6.08. The molecular formula is C19H17ClN2O4S. The molecule has 1 saturated heterocycles. The third-order valence-corrected chi connectivity index (χ3v) is 6.51. The third kappa shape index (κ3) is 4.30. The molecule has 1 aliphatic rings. The molecule has 0 spiro atoms. The molecule has 0 saturated carbocycles. The van der Waals surface area contributed by atoms with E-state index in [0.717, 1.165) is 12.8 Å². The second-order valence-electron chi connectivity index (χ2n) is 6.14. The molecule has 0 amide bonds. The lowest BCUT2D eigenvalue weighted by atomic mass is 10.1. The molecule has 27 heavy (non-hydrogen) atoms. The zero-order valence-corrected chi connectivity index (χ0v) is 16.0. The Balaban J connectivity index is 1.79. The van der Waals surface area contributed by atoms with Crippen LogP contribution < -0.4 is 0 Å². The molecule has 0 aromatic heterocycles. The van der Waals surface area contributed by atoms with Crippen LogP contribution >= 0.6 is 11.6 Å². The van der Waals surface area contributed by atoms with Gasteiger partial charge < -0.3 is 4.74 Å². The minimum Gasteiger partial charge on any atom is -0.457 e. The summed E-state index contributed by atoms with van der Waals surface area (Å²) < 4.78 is 32.0. The summed E-state index contributed by atoms with van der Waals surface area (Å²) in [5.74, 6) is -0.721. The van der Waals surface area contributed by atoms with Crippen molar-refractivity contribution in [3.8, 4) is 6.07 Å². The van der Waals surface area contributed by atoms with E-state index in [1.165, 1.54) is 22.5 Å². The predicted molar refractivity (Wildman–Crippen MR) is 99.7 cm³/mol. The second kappa shape index (κ2) is 8.09. The molecule has 1 aliphatic heterocycles. The average Bonchev–Trinajstić information content (AvgIpc) is 3.22. The van der Waals surface area contributed by atoms with Crippen LogP contribution in [0.4, 0.5) is 0 Å². The molecule has 3 rings (SSSR count). The summed E-state index contributed by atoms with van der Waals surface area (Å²) in [6.45, 7) is 0.897. The number of halogens is 1. The fourth-order valence-electron chi connectivity index (χ4n) is 2.86. The molecule has 0 bridgehead atoms. The Hall–Kier alpha value is -2.40. The standard InChI is InChI=1S/C19H17ClN2O4S/c20-18-7-6-16(27(24,25)22-8-1-2-9-22)11-17(18)19(23)26-13-15-5-3-4-14(10-15)12-21/h3-7,10-11H,1-2,8-9,13H2. The number of rotatable bonds is 5. The summed E-state index contributed by atoms with van der Waals surface area (Å²) in [6.07, 6.45) is 1.65. The van der Waals surface area contributed by atoms with Crippen LogP contribution in [0.2, 0.25) is 5.02 Å². The molecule has 0 aliphatic carbocycles. The van der Waals surface area contributed by atoms with E-state index in [9.17, 15) is 13.2 Å². The monoisotopic (exact) mass is 404 g/mol. The van der Waals surface area contributed by atoms with E-state index in [4.69, 9.17) is 21.6 Å². The second-order valence-corrected chi connectivity index (χ2v) is 8.49. The van der Waals surface area contributed by atoms with Gasteiger partial charge in [-0.3, -0.25) is 0 Å². The van der Waals surface area contributed by atoms with Crippen LogP contribution in [-0.4, -0.2) is 31.8 Å². The van der Waals surface area contributed by atoms with Gasteiger partial charge in [-0.15, -0.1) is 0 Å². The van der Waals surface area contributed by atoms with Gasteiger partial charge in [-0.2, -0.15) is 9.57 Å². The van der Waals surface area contributed by atoms with Crippen molar-refractivity contribution in [3.05, 3.63) is 64.2 Å². The summed E-state index contributed by atoms with van der Waals surface area (Å²) in [6, 6.07) is 12.7. The Morgan fingerprint density at radius 3 is 2.63 bits per heavy atom. The topological polar surface area (TPSA) is 87.5 Å². The number of benzene rings is 2. The largest absolute Gasteiger partial charge is 0.457 e. The molecule has 1 heterocycles. The first-order valence-corrected chi connectivity index (χ1v) is 10.2. The van der Waals surface area contributed by atoms with Crippen LogP contribution in [-0.2, 0) is 21.4 Å². The molecule has 0 N–H and O–H groups in total. The van der Waals surface area contributed by atoms with E-state index in [2.05, 4.69) is 0 Å². The summed E-state index contributed by atoms with van der Waals surface area (Å²) in [4.78, 5) is 12.4. The number of hydrogen-bond acceptors (Lipinski definition) is 5. The lowest BCUT2D eigenvalue weighted by Crippen LogP contribution is -2.28.